The first-order valence-electron chi connectivity index (χ1n) is 15.7. The summed E-state index contributed by atoms with van der Waals surface area (Å²) in [6.45, 7) is 12.5. The van der Waals surface area contributed by atoms with Crippen LogP contribution in [0.15, 0.2) is 119 Å². The fourth-order valence-corrected chi connectivity index (χ4v) is 5.39. The normalized spacial score (nSPS) is 14.6. The minimum Gasteiger partial charge on any atom is -0.372 e. The van der Waals surface area contributed by atoms with Gasteiger partial charge in [0.2, 0.25) is 11.6 Å². The number of carbonyl (C=O) groups is 2. The number of rotatable bonds is 8. The first-order chi connectivity index (χ1) is 22.4. The number of benzene rings is 2. The summed E-state index contributed by atoms with van der Waals surface area (Å²) < 4.78 is 0. The van der Waals surface area contributed by atoms with Crippen molar-refractivity contribution >= 4 is 45.7 Å². The van der Waals surface area contributed by atoms with E-state index in [2.05, 4.69) is 81.7 Å². The molecule has 47 heavy (non-hydrogen) atoms. The van der Waals surface area contributed by atoms with E-state index in [0.29, 0.717) is 11.4 Å². The summed E-state index contributed by atoms with van der Waals surface area (Å²) >= 11 is 0. The molecule has 0 radical (unpaired) electrons. The van der Waals surface area contributed by atoms with E-state index in [1.165, 1.54) is 23.5 Å². The van der Waals surface area contributed by atoms with Crippen LogP contribution in [0.4, 0.5) is 22.7 Å². The molecule has 2 heterocycles. The van der Waals surface area contributed by atoms with E-state index in [9.17, 15) is 9.59 Å². The molecule has 0 aliphatic heterocycles. The van der Waals surface area contributed by atoms with Crippen LogP contribution in [0.25, 0.3) is 0 Å². The Morgan fingerprint density at radius 1 is 0.532 bits per heavy atom. The van der Waals surface area contributed by atoms with Crippen molar-refractivity contribution in [2.45, 2.75) is 27.7 Å². The van der Waals surface area contributed by atoms with Crippen molar-refractivity contribution in [1.82, 2.24) is 9.97 Å². The van der Waals surface area contributed by atoms with E-state index in [-0.39, 0.29) is 28.1 Å². The number of carbonyl (C=O) groups excluding carboxylic acids is 2. The number of ketones is 2. The Balaban J connectivity index is 0.000000208. The molecule has 0 saturated carbocycles. The molecule has 0 saturated heterocycles. The zero-order chi connectivity index (χ0) is 32.5. The summed E-state index contributed by atoms with van der Waals surface area (Å²) in [6, 6.07) is 23.7. The maximum Gasteiger partial charge on any atom is 0.204 e. The van der Waals surface area contributed by atoms with Gasteiger partial charge in [-0.25, -0.2) is 9.98 Å². The molecule has 0 unspecified atom stereocenters. The minimum absolute atomic E-state index is 0. The van der Waals surface area contributed by atoms with Crippen LogP contribution in [0, 0.1) is 0 Å². The Morgan fingerprint density at radius 2 is 0.894 bits per heavy atom. The van der Waals surface area contributed by atoms with Crippen LogP contribution in [0.3, 0.4) is 0 Å². The third kappa shape index (κ3) is 8.24. The second kappa shape index (κ2) is 16.5. The standard InChI is InChI=1S/2C19H19N3O.Ni/c2*1-3-22(4-2)15-9-7-14(8-10-15)21-17-11-12-18(23)19-16(17)6-5-13-20-19;/h2*5-13H,3-4H2,1-2H3;. The van der Waals surface area contributed by atoms with Gasteiger partial charge in [0.05, 0.1) is 22.8 Å². The number of nitrogens with zero attached hydrogens (tertiary/aromatic N) is 6. The maximum absolute atomic E-state index is 11.9. The Labute approximate surface area is 286 Å². The van der Waals surface area contributed by atoms with Crippen molar-refractivity contribution in [1.29, 1.82) is 0 Å². The summed E-state index contributed by atoms with van der Waals surface area (Å²) in [4.78, 5) is 45.9. The van der Waals surface area contributed by atoms with E-state index < -0.39 is 0 Å². The Hall–Kier alpha value is -5.01. The van der Waals surface area contributed by atoms with Gasteiger partial charge >= 0.3 is 0 Å². The smallest absolute Gasteiger partial charge is 0.204 e. The second-order valence-corrected chi connectivity index (χ2v) is 10.6. The molecule has 8 nitrogen and oxygen atoms in total. The molecule has 0 amide bonds. The molecule has 9 heteroatoms. The van der Waals surface area contributed by atoms with Crippen molar-refractivity contribution in [2.24, 2.45) is 9.98 Å². The molecule has 2 aromatic carbocycles. The Bertz CT molecular complexity index is 1680. The van der Waals surface area contributed by atoms with Gasteiger partial charge in [-0.3, -0.25) is 19.6 Å². The predicted octanol–water partition coefficient (Wildman–Crippen LogP) is 7.60. The van der Waals surface area contributed by atoms with Gasteiger partial charge < -0.3 is 9.80 Å². The van der Waals surface area contributed by atoms with Gasteiger partial charge in [-0.2, -0.15) is 0 Å². The summed E-state index contributed by atoms with van der Waals surface area (Å²) in [5, 5.41) is 0. The van der Waals surface area contributed by atoms with E-state index >= 15 is 0 Å². The van der Waals surface area contributed by atoms with Crippen LogP contribution in [0.2, 0.25) is 0 Å². The van der Waals surface area contributed by atoms with Gasteiger partial charge in [0.25, 0.3) is 0 Å². The number of hydrogen-bond donors (Lipinski definition) is 0. The molecule has 0 N–H and O–H groups in total. The van der Waals surface area contributed by atoms with Crippen LogP contribution in [0.1, 0.15) is 59.8 Å². The van der Waals surface area contributed by atoms with Crippen molar-refractivity contribution in [3.05, 3.63) is 132 Å². The van der Waals surface area contributed by atoms with Crippen molar-refractivity contribution < 1.29 is 26.1 Å². The quantitative estimate of drug-likeness (QED) is 0.180. The molecule has 4 aromatic rings. The van der Waals surface area contributed by atoms with Crippen LogP contribution >= 0.6 is 0 Å². The summed E-state index contributed by atoms with van der Waals surface area (Å²) in [6.07, 6.45) is 9.82. The van der Waals surface area contributed by atoms with Crippen LogP contribution < -0.4 is 9.80 Å². The molecular formula is C38H38N6NiO2. The zero-order valence-corrected chi connectivity index (χ0v) is 28.0. The van der Waals surface area contributed by atoms with Crippen LogP contribution in [-0.2, 0) is 16.5 Å². The number of hydrogen-bond acceptors (Lipinski definition) is 8. The van der Waals surface area contributed by atoms with Gasteiger partial charge in [-0.1, -0.05) is 0 Å². The van der Waals surface area contributed by atoms with E-state index in [4.69, 9.17) is 0 Å². The molecule has 0 atom stereocenters. The fraction of sp³-hybridized carbons (Fsp3) is 0.211. The van der Waals surface area contributed by atoms with Gasteiger partial charge in [-0.05, 0) is 125 Å². The molecule has 0 spiro atoms. The number of fused-ring (bicyclic) bond motifs is 2. The van der Waals surface area contributed by atoms with Gasteiger partial charge in [0.1, 0.15) is 11.4 Å². The number of aromatic nitrogens is 2. The monoisotopic (exact) mass is 668 g/mol. The molecular weight excluding hydrogens is 631 g/mol. The molecule has 2 aromatic heterocycles. The number of allylic oxidation sites excluding steroid dienone is 4. The van der Waals surface area contributed by atoms with Crippen molar-refractivity contribution in [3.8, 4) is 0 Å². The second-order valence-electron chi connectivity index (χ2n) is 10.6. The van der Waals surface area contributed by atoms with E-state index in [0.717, 1.165) is 60.1 Å². The predicted molar refractivity (Wildman–Crippen MR) is 188 cm³/mol. The van der Waals surface area contributed by atoms with Crippen LogP contribution in [0.5, 0.6) is 0 Å². The summed E-state index contributed by atoms with van der Waals surface area (Å²) in [7, 11) is 0. The van der Waals surface area contributed by atoms with Crippen molar-refractivity contribution in [2.75, 3.05) is 36.0 Å². The first-order valence-corrected chi connectivity index (χ1v) is 15.7. The Kier molecular flexibility index (Phi) is 12.3. The average Bonchev–Trinajstić information content (AvgIpc) is 3.10. The van der Waals surface area contributed by atoms with Gasteiger partial charge in [0, 0.05) is 77.6 Å². The molecule has 242 valence electrons. The average molecular weight is 669 g/mol. The number of anilines is 2. The van der Waals surface area contributed by atoms with Crippen LogP contribution in [-0.4, -0.2) is 59.1 Å². The Morgan fingerprint density at radius 3 is 1.23 bits per heavy atom. The molecule has 2 aliphatic rings. The largest absolute Gasteiger partial charge is 0.372 e. The van der Waals surface area contributed by atoms with Crippen molar-refractivity contribution in [3.63, 3.8) is 0 Å². The minimum atomic E-state index is -0.0727. The third-order valence-corrected chi connectivity index (χ3v) is 7.87. The third-order valence-electron chi connectivity index (χ3n) is 7.87. The zero-order valence-electron chi connectivity index (χ0n) is 27.0. The molecule has 2 aliphatic carbocycles. The van der Waals surface area contributed by atoms with Gasteiger partial charge in [-0.15, -0.1) is 0 Å². The number of pyridine rings is 2. The molecule has 6 rings (SSSR count). The van der Waals surface area contributed by atoms with E-state index in [1.807, 2.05) is 48.5 Å². The van der Waals surface area contributed by atoms with Gasteiger partial charge in [0.15, 0.2) is 0 Å². The van der Waals surface area contributed by atoms with E-state index in [1.54, 1.807) is 24.5 Å². The fourth-order valence-electron chi connectivity index (χ4n) is 5.39. The SMILES string of the molecule is CCN(CC)c1ccc(N=C2C=CC(=O)c3ncccc32)cc1.CCN(CC)c1ccc(N=C2C=CC(=O)c3ncccc32)cc1.[Ni]. The summed E-state index contributed by atoms with van der Waals surface area (Å²) in [5.74, 6) is -0.145. The summed E-state index contributed by atoms with van der Waals surface area (Å²) in [5.41, 5.74) is 8.15. The maximum atomic E-state index is 11.9. The molecule has 0 bridgehead atoms. The first kappa shape index (κ1) is 34.9. The molecule has 0 fully saturated rings. The number of aliphatic imine (C=N–C) groups is 2. The topological polar surface area (TPSA) is 91.1 Å².